The molecular formula is C20H24N6O2S. The Bertz CT molecular complexity index is 1010. The van der Waals surface area contributed by atoms with Gasteiger partial charge in [-0.05, 0) is 45.6 Å². The summed E-state index contributed by atoms with van der Waals surface area (Å²) in [5.74, 6) is 1.73. The van der Waals surface area contributed by atoms with E-state index in [-0.39, 0.29) is 5.91 Å². The van der Waals surface area contributed by atoms with Gasteiger partial charge in [0.05, 0.1) is 23.5 Å². The topological polar surface area (TPSA) is 86.0 Å². The van der Waals surface area contributed by atoms with Crippen molar-refractivity contribution in [3.63, 3.8) is 0 Å². The van der Waals surface area contributed by atoms with Gasteiger partial charge in [-0.2, -0.15) is 5.10 Å². The predicted octanol–water partition coefficient (Wildman–Crippen LogP) is 2.98. The van der Waals surface area contributed by atoms with Crippen LogP contribution >= 0.6 is 11.3 Å². The Morgan fingerprint density at radius 2 is 1.97 bits per heavy atom. The van der Waals surface area contributed by atoms with Gasteiger partial charge >= 0.3 is 0 Å². The maximum absolute atomic E-state index is 12.6. The van der Waals surface area contributed by atoms with E-state index in [1.54, 1.807) is 10.2 Å². The minimum Gasteiger partial charge on any atom is -0.477 e. The summed E-state index contributed by atoms with van der Waals surface area (Å²) in [6, 6.07) is 3.82. The molecule has 152 valence electrons. The van der Waals surface area contributed by atoms with E-state index in [2.05, 4.69) is 20.1 Å². The number of piperidine rings is 1. The van der Waals surface area contributed by atoms with Crippen LogP contribution in [0.1, 0.15) is 39.6 Å². The van der Waals surface area contributed by atoms with E-state index in [0.29, 0.717) is 24.2 Å². The highest BCUT2D eigenvalue weighted by molar-refractivity contribution is 7.11. The van der Waals surface area contributed by atoms with E-state index in [1.165, 1.54) is 17.7 Å². The van der Waals surface area contributed by atoms with Crippen molar-refractivity contribution in [1.82, 2.24) is 29.6 Å². The number of rotatable bonds is 5. The van der Waals surface area contributed by atoms with E-state index in [9.17, 15) is 4.79 Å². The Kier molecular flexibility index (Phi) is 5.57. The number of carbonyl (C=O) groups is 1. The molecule has 0 atom stereocenters. The third-order valence-electron chi connectivity index (χ3n) is 5.16. The predicted molar refractivity (Wildman–Crippen MR) is 110 cm³/mol. The molecule has 29 heavy (non-hydrogen) atoms. The van der Waals surface area contributed by atoms with Crippen LogP contribution in [0, 0.1) is 26.7 Å². The number of amides is 1. The molecule has 0 spiro atoms. The zero-order valence-electron chi connectivity index (χ0n) is 16.8. The first-order chi connectivity index (χ1) is 14.0. The number of thiazole rings is 1. The normalized spacial score (nSPS) is 14.9. The average molecular weight is 413 g/mol. The smallest absolute Gasteiger partial charge is 0.265 e. The molecule has 0 N–H and O–H groups in total. The lowest BCUT2D eigenvalue weighted by atomic mass is 9.97. The largest absolute Gasteiger partial charge is 0.477 e. The summed E-state index contributed by atoms with van der Waals surface area (Å²) >= 11 is 1.41. The van der Waals surface area contributed by atoms with Crippen molar-refractivity contribution < 1.29 is 9.53 Å². The number of likely N-dealkylation sites (tertiary alicyclic amines) is 1. The zero-order chi connectivity index (χ0) is 20.4. The number of nitrogens with zero attached hydrogens (tertiary/aromatic N) is 6. The zero-order valence-corrected chi connectivity index (χ0v) is 17.6. The SMILES string of the molecule is Cc1cc(C)n(-c2cc(OCC3CCN(C(=O)c4scnc4C)CC3)ncn2)n1. The van der Waals surface area contributed by atoms with Gasteiger partial charge in [0.1, 0.15) is 11.2 Å². The number of aryl methyl sites for hydroxylation is 3. The molecule has 1 saturated heterocycles. The summed E-state index contributed by atoms with van der Waals surface area (Å²) in [4.78, 5) is 28.0. The molecule has 3 aromatic heterocycles. The van der Waals surface area contributed by atoms with Gasteiger partial charge in [0.2, 0.25) is 5.88 Å². The molecular weight excluding hydrogens is 388 g/mol. The van der Waals surface area contributed by atoms with Crippen molar-refractivity contribution in [1.29, 1.82) is 0 Å². The van der Waals surface area contributed by atoms with Crippen LogP contribution < -0.4 is 4.74 Å². The lowest BCUT2D eigenvalue weighted by Gasteiger charge is -2.31. The molecule has 0 aliphatic carbocycles. The van der Waals surface area contributed by atoms with Gasteiger partial charge in [-0.1, -0.05) is 0 Å². The first kappa shape index (κ1) is 19.5. The van der Waals surface area contributed by atoms with Crippen LogP contribution in [0.15, 0.2) is 24.0 Å². The van der Waals surface area contributed by atoms with Gasteiger partial charge in [-0.15, -0.1) is 11.3 Å². The van der Waals surface area contributed by atoms with Crippen molar-refractivity contribution in [3.8, 4) is 11.7 Å². The molecule has 3 aromatic rings. The molecule has 8 nitrogen and oxygen atoms in total. The van der Waals surface area contributed by atoms with Crippen LogP contribution in [0.3, 0.4) is 0 Å². The molecule has 0 unspecified atom stereocenters. The molecule has 1 amide bonds. The first-order valence-corrected chi connectivity index (χ1v) is 10.6. The van der Waals surface area contributed by atoms with Crippen LogP contribution in [-0.4, -0.2) is 55.2 Å². The molecule has 9 heteroatoms. The third kappa shape index (κ3) is 4.29. The summed E-state index contributed by atoms with van der Waals surface area (Å²) < 4.78 is 7.72. The van der Waals surface area contributed by atoms with Gasteiger partial charge in [-0.25, -0.2) is 19.6 Å². The highest BCUT2D eigenvalue weighted by atomic mass is 32.1. The average Bonchev–Trinajstić information content (AvgIpc) is 3.31. The second-order valence-corrected chi connectivity index (χ2v) is 8.22. The number of carbonyl (C=O) groups excluding carboxylic acids is 1. The molecule has 1 fully saturated rings. The minimum absolute atomic E-state index is 0.0923. The minimum atomic E-state index is 0.0923. The van der Waals surface area contributed by atoms with Crippen LogP contribution in [0.25, 0.3) is 5.82 Å². The Hall–Kier alpha value is -2.81. The number of aromatic nitrogens is 5. The van der Waals surface area contributed by atoms with E-state index in [1.807, 2.05) is 37.8 Å². The maximum Gasteiger partial charge on any atom is 0.265 e. The van der Waals surface area contributed by atoms with Gasteiger partial charge in [0.25, 0.3) is 5.91 Å². The number of hydrogen-bond donors (Lipinski definition) is 0. The van der Waals surface area contributed by atoms with E-state index in [4.69, 9.17) is 4.74 Å². The molecule has 4 rings (SSSR count). The van der Waals surface area contributed by atoms with Crippen molar-refractivity contribution >= 4 is 17.2 Å². The van der Waals surface area contributed by atoms with E-state index < -0.39 is 0 Å². The fourth-order valence-electron chi connectivity index (χ4n) is 3.54. The Balaban J connectivity index is 1.32. The summed E-state index contributed by atoms with van der Waals surface area (Å²) in [5, 5.41) is 4.45. The van der Waals surface area contributed by atoms with Gasteiger partial charge < -0.3 is 9.64 Å². The second-order valence-electron chi connectivity index (χ2n) is 7.37. The van der Waals surface area contributed by atoms with Crippen molar-refractivity contribution in [2.24, 2.45) is 5.92 Å². The van der Waals surface area contributed by atoms with Crippen molar-refractivity contribution in [3.05, 3.63) is 45.9 Å². The number of hydrogen-bond acceptors (Lipinski definition) is 7. The number of ether oxygens (including phenoxy) is 1. The fraction of sp³-hybridized carbons (Fsp3) is 0.450. The molecule has 0 aromatic carbocycles. The molecule has 1 aliphatic heterocycles. The highest BCUT2D eigenvalue weighted by Gasteiger charge is 2.26. The summed E-state index contributed by atoms with van der Waals surface area (Å²) in [7, 11) is 0. The standard InChI is InChI=1S/C20H24N6O2S/c1-13-8-14(2)26(24-13)17-9-18(22-11-21-17)28-10-16-4-6-25(7-5-16)20(27)19-15(3)23-12-29-19/h8-9,11-12,16H,4-7,10H2,1-3H3. The summed E-state index contributed by atoms with van der Waals surface area (Å²) in [6.45, 7) is 7.89. The van der Waals surface area contributed by atoms with Gasteiger partial charge in [0, 0.05) is 24.8 Å². The molecule has 1 aliphatic rings. The van der Waals surface area contributed by atoms with Gasteiger partial charge in [0.15, 0.2) is 5.82 Å². The summed E-state index contributed by atoms with van der Waals surface area (Å²) in [6.07, 6.45) is 3.33. The third-order valence-corrected chi connectivity index (χ3v) is 6.08. The lowest BCUT2D eigenvalue weighted by Crippen LogP contribution is -2.39. The van der Waals surface area contributed by atoms with E-state index >= 15 is 0 Å². The van der Waals surface area contributed by atoms with Gasteiger partial charge in [-0.3, -0.25) is 4.79 Å². The first-order valence-electron chi connectivity index (χ1n) is 9.69. The molecule has 4 heterocycles. The molecule has 0 saturated carbocycles. The monoisotopic (exact) mass is 412 g/mol. The van der Waals surface area contributed by atoms with Crippen LogP contribution in [0.2, 0.25) is 0 Å². The Morgan fingerprint density at radius 1 is 1.17 bits per heavy atom. The van der Waals surface area contributed by atoms with Crippen molar-refractivity contribution in [2.75, 3.05) is 19.7 Å². The Labute approximate surface area is 173 Å². The maximum atomic E-state index is 12.6. The lowest BCUT2D eigenvalue weighted by molar-refractivity contribution is 0.0663. The van der Waals surface area contributed by atoms with Crippen LogP contribution in [-0.2, 0) is 0 Å². The highest BCUT2D eigenvalue weighted by Crippen LogP contribution is 2.23. The second kappa shape index (κ2) is 8.28. The van der Waals surface area contributed by atoms with Crippen LogP contribution in [0.4, 0.5) is 0 Å². The Morgan fingerprint density at radius 3 is 2.62 bits per heavy atom. The van der Waals surface area contributed by atoms with Crippen molar-refractivity contribution in [2.45, 2.75) is 33.6 Å². The van der Waals surface area contributed by atoms with Crippen LogP contribution in [0.5, 0.6) is 5.88 Å². The fourth-order valence-corrected chi connectivity index (χ4v) is 4.31. The van der Waals surface area contributed by atoms with E-state index in [0.717, 1.165) is 47.9 Å². The summed E-state index contributed by atoms with van der Waals surface area (Å²) in [5.41, 5.74) is 4.50. The quantitative estimate of drug-likeness (QED) is 0.640. The molecule has 0 radical (unpaired) electrons. The molecule has 0 bridgehead atoms.